The van der Waals surface area contributed by atoms with Crippen LogP contribution in [-0.2, 0) is 6.54 Å². The van der Waals surface area contributed by atoms with E-state index in [1.54, 1.807) is 6.07 Å². The van der Waals surface area contributed by atoms with Crippen molar-refractivity contribution in [1.82, 2.24) is 5.32 Å². The highest BCUT2D eigenvalue weighted by Crippen LogP contribution is 2.24. The van der Waals surface area contributed by atoms with E-state index >= 15 is 0 Å². The lowest BCUT2D eigenvalue weighted by Gasteiger charge is -2.11. The molecule has 19 heavy (non-hydrogen) atoms. The number of halogens is 1. The maximum absolute atomic E-state index is 10.8. The van der Waals surface area contributed by atoms with Crippen LogP contribution in [-0.4, -0.2) is 18.1 Å². The second-order valence-corrected chi connectivity index (χ2v) is 4.29. The number of rotatable bonds is 7. The van der Waals surface area contributed by atoms with Gasteiger partial charge in [-0.1, -0.05) is 18.5 Å². The molecule has 104 valence electrons. The first kappa shape index (κ1) is 15.5. The molecule has 1 aromatic carbocycles. The molecule has 0 aliphatic carbocycles. The van der Waals surface area contributed by atoms with Gasteiger partial charge in [0.25, 0.3) is 5.69 Å². The molecule has 0 unspecified atom stereocenters. The normalized spacial score (nSPS) is 11.4. The van der Waals surface area contributed by atoms with Gasteiger partial charge >= 0.3 is 0 Å². The molecule has 0 bridgehead atoms. The Morgan fingerprint density at radius 3 is 2.89 bits per heavy atom. The molecule has 0 fully saturated rings. The number of hydrogen-bond donors (Lipinski definition) is 1. The molecule has 0 heterocycles. The van der Waals surface area contributed by atoms with Crippen LogP contribution in [0.1, 0.15) is 19.4 Å². The standard InChI is InChI=1S/C13H17ClN2O3/c1-3-15-8-11-6-12(16(17)18)4-5-13(11)19-9-10(2)7-14/h4-7,15H,3,8-9H2,1-2H3/b10-7+. The third-order valence-corrected chi connectivity index (χ3v) is 2.83. The van der Waals surface area contributed by atoms with Gasteiger partial charge in [-0.05, 0) is 25.1 Å². The minimum atomic E-state index is -0.414. The molecule has 6 heteroatoms. The van der Waals surface area contributed by atoms with Gasteiger partial charge < -0.3 is 10.1 Å². The zero-order chi connectivity index (χ0) is 14.3. The highest BCUT2D eigenvalue weighted by atomic mass is 35.5. The summed E-state index contributed by atoms with van der Waals surface area (Å²) < 4.78 is 5.61. The van der Waals surface area contributed by atoms with Crippen LogP contribution < -0.4 is 10.1 Å². The summed E-state index contributed by atoms with van der Waals surface area (Å²) >= 11 is 5.56. The molecule has 0 aliphatic rings. The van der Waals surface area contributed by atoms with Gasteiger partial charge in [0.15, 0.2) is 0 Å². The third-order valence-electron chi connectivity index (χ3n) is 2.46. The van der Waals surface area contributed by atoms with Gasteiger partial charge in [0.05, 0.1) is 4.92 Å². The maximum atomic E-state index is 10.8. The van der Waals surface area contributed by atoms with Crippen LogP contribution in [0.25, 0.3) is 0 Å². The predicted octanol–water partition coefficient (Wildman–Crippen LogP) is 3.23. The molecule has 0 saturated carbocycles. The number of nitrogens with zero attached hydrogens (tertiary/aromatic N) is 1. The smallest absolute Gasteiger partial charge is 0.270 e. The molecular weight excluding hydrogens is 268 g/mol. The summed E-state index contributed by atoms with van der Waals surface area (Å²) in [7, 11) is 0. The number of non-ortho nitro benzene ring substituents is 1. The highest BCUT2D eigenvalue weighted by Gasteiger charge is 2.11. The quantitative estimate of drug-likeness (QED) is 0.617. The van der Waals surface area contributed by atoms with Crippen molar-refractivity contribution in [2.75, 3.05) is 13.2 Å². The van der Waals surface area contributed by atoms with E-state index in [-0.39, 0.29) is 5.69 Å². The molecule has 0 amide bonds. The number of ether oxygens (including phenoxy) is 1. The molecule has 0 spiro atoms. The van der Waals surface area contributed by atoms with Crippen LogP contribution in [0.4, 0.5) is 5.69 Å². The van der Waals surface area contributed by atoms with Gasteiger partial charge in [0, 0.05) is 29.8 Å². The van der Waals surface area contributed by atoms with E-state index in [4.69, 9.17) is 16.3 Å². The number of nitro benzene ring substituents is 1. The average molecular weight is 285 g/mol. The van der Waals surface area contributed by atoms with Crippen molar-refractivity contribution in [2.24, 2.45) is 0 Å². The van der Waals surface area contributed by atoms with Crippen molar-refractivity contribution in [3.05, 3.63) is 45.0 Å². The Hall–Kier alpha value is -1.59. The molecule has 0 radical (unpaired) electrons. The topological polar surface area (TPSA) is 64.4 Å². The summed E-state index contributed by atoms with van der Waals surface area (Å²) in [6.45, 7) is 5.49. The Labute approximate surface area is 117 Å². The summed E-state index contributed by atoms with van der Waals surface area (Å²) in [5.41, 5.74) is 3.16. The first-order valence-corrected chi connectivity index (χ1v) is 6.38. The highest BCUT2D eigenvalue weighted by molar-refractivity contribution is 6.25. The van der Waals surface area contributed by atoms with Crippen LogP contribution >= 0.6 is 11.6 Å². The number of benzene rings is 1. The zero-order valence-corrected chi connectivity index (χ0v) is 11.7. The monoisotopic (exact) mass is 284 g/mol. The van der Waals surface area contributed by atoms with E-state index in [1.807, 2.05) is 13.8 Å². The minimum Gasteiger partial charge on any atom is -0.489 e. The fourth-order valence-electron chi connectivity index (χ4n) is 1.44. The Kier molecular flexibility index (Phi) is 6.32. The van der Waals surface area contributed by atoms with E-state index < -0.39 is 4.92 Å². The first-order valence-electron chi connectivity index (χ1n) is 5.95. The lowest BCUT2D eigenvalue weighted by Crippen LogP contribution is -2.13. The molecule has 0 aliphatic heterocycles. The second kappa shape index (κ2) is 7.76. The van der Waals surface area contributed by atoms with Crippen LogP contribution in [0.2, 0.25) is 0 Å². The fraction of sp³-hybridized carbons (Fsp3) is 0.385. The summed E-state index contributed by atoms with van der Waals surface area (Å²) in [6, 6.07) is 4.58. The van der Waals surface area contributed by atoms with Gasteiger partial charge in [-0.2, -0.15) is 0 Å². The lowest BCUT2D eigenvalue weighted by atomic mass is 10.1. The van der Waals surface area contributed by atoms with Crippen LogP contribution in [0.5, 0.6) is 5.75 Å². The predicted molar refractivity (Wildman–Crippen MR) is 75.6 cm³/mol. The van der Waals surface area contributed by atoms with Crippen molar-refractivity contribution in [1.29, 1.82) is 0 Å². The van der Waals surface area contributed by atoms with Gasteiger partial charge in [0.2, 0.25) is 0 Å². The number of nitrogens with one attached hydrogen (secondary N) is 1. The van der Waals surface area contributed by atoms with Crippen molar-refractivity contribution < 1.29 is 9.66 Å². The number of hydrogen-bond acceptors (Lipinski definition) is 4. The lowest BCUT2D eigenvalue weighted by molar-refractivity contribution is -0.384. The number of nitro groups is 1. The van der Waals surface area contributed by atoms with Gasteiger partial charge in [-0.15, -0.1) is 0 Å². The fourth-order valence-corrected chi connectivity index (χ4v) is 1.50. The minimum absolute atomic E-state index is 0.0601. The Bertz CT molecular complexity index is 475. The molecule has 1 N–H and O–H groups in total. The summed E-state index contributed by atoms with van der Waals surface area (Å²) in [6.07, 6.45) is 0. The molecule has 1 rings (SSSR count). The maximum Gasteiger partial charge on any atom is 0.270 e. The Morgan fingerprint density at radius 2 is 2.32 bits per heavy atom. The largest absolute Gasteiger partial charge is 0.489 e. The van der Waals surface area contributed by atoms with E-state index in [2.05, 4.69) is 5.32 Å². The molecule has 0 saturated heterocycles. The summed E-state index contributed by atoms with van der Waals surface area (Å²) in [4.78, 5) is 10.4. The molecular formula is C13H17ClN2O3. The van der Waals surface area contributed by atoms with E-state index in [9.17, 15) is 10.1 Å². The van der Waals surface area contributed by atoms with Crippen molar-refractivity contribution in [3.63, 3.8) is 0 Å². The SMILES string of the molecule is CCNCc1cc([N+](=O)[O-])ccc1OC/C(C)=C/Cl. The Morgan fingerprint density at radius 1 is 1.58 bits per heavy atom. The van der Waals surface area contributed by atoms with Crippen LogP contribution in [0, 0.1) is 10.1 Å². The van der Waals surface area contributed by atoms with E-state index in [1.165, 1.54) is 17.7 Å². The third kappa shape index (κ3) is 4.89. The molecule has 5 nitrogen and oxygen atoms in total. The summed E-state index contributed by atoms with van der Waals surface area (Å²) in [5.74, 6) is 0.629. The molecule has 1 aromatic rings. The van der Waals surface area contributed by atoms with E-state index in [0.29, 0.717) is 18.9 Å². The van der Waals surface area contributed by atoms with Gasteiger partial charge in [0.1, 0.15) is 12.4 Å². The molecule has 0 atom stereocenters. The van der Waals surface area contributed by atoms with Gasteiger partial charge in [-0.3, -0.25) is 10.1 Å². The Balaban J connectivity index is 2.91. The van der Waals surface area contributed by atoms with Crippen LogP contribution in [0.15, 0.2) is 29.3 Å². The van der Waals surface area contributed by atoms with Crippen molar-refractivity contribution >= 4 is 17.3 Å². The zero-order valence-electron chi connectivity index (χ0n) is 11.0. The van der Waals surface area contributed by atoms with Crippen molar-refractivity contribution in [2.45, 2.75) is 20.4 Å². The summed E-state index contributed by atoms with van der Waals surface area (Å²) in [5, 5.41) is 13.9. The first-order chi connectivity index (χ1) is 9.08. The second-order valence-electron chi connectivity index (χ2n) is 4.07. The van der Waals surface area contributed by atoms with Crippen LogP contribution in [0.3, 0.4) is 0 Å². The molecule has 0 aromatic heterocycles. The van der Waals surface area contributed by atoms with E-state index in [0.717, 1.165) is 17.7 Å². The average Bonchev–Trinajstić information content (AvgIpc) is 2.42. The van der Waals surface area contributed by atoms with Gasteiger partial charge in [-0.25, -0.2) is 0 Å². The van der Waals surface area contributed by atoms with Crippen molar-refractivity contribution in [3.8, 4) is 5.75 Å².